The number of anilines is 3. The summed E-state index contributed by atoms with van der Waals surface area (Å²) in [6.45, 7) is 0. The summed E-state index contributed by atoms with van der Waals surface area (Å²) in [5, 5.41) is 9.55. The van der Waals surface area contributed by atoms with Crippen LogP contribution in [-0.4, -0.2) is 0 Å². The van der Waals surface area contributed by atoms with Gasteiger partial charge in [0.2, 0.25) is 0 Å². The van der Waals surface area contributed by atoms with Gasteiger partial charge in [0.15, 0.2) is 0 Å². The number of fused-ring (bicyclic) bond motifs is 8. The van der Waals surface area contributed by atoms with Gasteiger partial charge in [-0.15, -0.1) is 0 Å². The third-order valence-electron chi connectivity index (χ3n) is 10.0. The molecule has 2 heteroatoms. The quantitative estimate of drug-likeness (QED) is 0.175. The van der Waals surface area contributed by atoms with Crippen molar-refractivity contribution in [2.75, 3.05) is 4.90 Å². The molecule has 9 aromatic carbocycles. The third-order valence-corrected chi connectivity index (χ3v) is 10.0. The Morgan fingerprint density at radius 2 is 1.00 bits per heavy atom. The van der Waals surface area contributed by atoms with E-state index in [9.17, 15) is 0 Å². The average Bonchev–Trinajstić information content (AvgIpc) is 3.57. The van der Waals surface area contributed by atoms with E-state index in [-0.39, 0.29) is 0 Å². The first kappa shape index (κ1) is 28.4. The number of hydrogen-bond donors (Lipinski definition) is 0. The molecule has 1 heterocycles. The van der Waals surface area contributed by atoms with Crippen molar-refractivity contribution in [1.82, 2.24) is 0 Å². The molecule has 0 aliphatic heterocycles. The van der Waals surface area contributed by atoms with Gasteiger partial charge in [-0.05, 0) is 92.2 Å². The third kappa shape index (κ3) is 4.65. The lowest BCUT2D eigenvalue weighted by atomic mass is 9.98. The van der Waals surface area contributed by atoms with Crippen LogP contribution in [-0.2, 0) is 0 Å². The van der Waals surface area contributed by atoms with E-state index in [0.29, 0.717) is 0 Å². The highest BCUT2D eigenvalue weighted by Gasteiger charge is 2.20. The summed E-state index contributed by atoms with van der Waals surface area (Å²) in [6.07, 6.45) is 0. The maximum absolute atomic E-state index is 6.49. The van der Waals surface area contributed by atoms with E-state index in [1.807, 2.05) is 0 Å². The minimum Gasteiger partial charge on any atom is -0.455 e. The molecule has 0 aliphatic carbocycles. The van der Waals surface area contributed by atoms with Gasteiger partial charge in [-0.1, -0.05) is 140 Å². The van der Waals surface area contributed by atoms with Crippen molar-refractivity contribution in [2.45, 2.75) is 0 Å². The van der Waals surface area contributed by atoms with Gasteiger partial charge < -0.3 is 9.32 Å². The molecule has 50 heavy (non-hydrogen) atoms. The Hall–Kier alpha value is -6.64. The van der Waals surface area contributed by atoms with Crippen LogP contribution in [0.25, 0.3) is 76.5 Å². The van der Waals surface area contributed by atoms with Crippen LogP contribution in [0, 0.1) is 0 Å². The Morgan fingerprint density at radius 3 is 1.90 bits per heavy atom. The predicted octanol–water partition coefficient (Wildman–Crippen LogP) is 13.8. The number of nitrogens with zero attached hydrogens (tertiary/aromatic N) is 1. The highest BCUT2D eigenvalue weighted by atomic mass is 16.3. The van der Waals surface area contributed by atoms with Crippen molar-refractivity contribution in [1.29, 1.82) is 0 Å². The highest BCUT2D eigenvalue weighted by Crippen LogP contribution is 2.44. The smallest absolute Gasteiger partial charge is 0.143 e. The molecule has 0 saturated carbocycles. The summed E-state index contributed by atoms with van der Waals surface area (Å²) < 4.78 is 6.49. The summed E-state index contributed by atoms with van der Waals surface area (Å²) in [5.74, 6) is 0. The molecule has 0 aliphatic rings. The average molecular weight is 638 g/mol. The lowest BCUT2D eigenvalue weighted by molar-refractivity contribution is 0.672. The van der Waals surface area contributed by atoms with E-state index in [1.165, 1.54) is 38.1 Å². The number of para-hydroxylation sites is 1. The van der Waals surface area contributed by atoms with Gasteiger partial charge in [0.1, 0.15) is 11.2 Å². The fourth-order valence-electron chi connectivity index (χ4n) is 7.61. The second-order valence-electron chi connectivity index (χ2n) is 12.9. The molecule has 0 atom stereocenters. The molecule has 0 unspecified atom stereocenters. The van der Waals surface area contributed by atoms with Gasteiger partial charge in [0, 0.05) is 33.1 Å². The van der Waals surface area contributed by atoms with Gasteiger partial charge in [-0.2, -0.15) is 0 Å². The summed E-state index contributed by atoms with van der Waals surface area (Å²) in [5.41, 5.74) is 9.79. The number of hydrogen-bond acceptors (Lipinski definition) is 2. The van der Waals surface area contributed by atoms with E-state index < -0.39 is 0 Å². The van der Waals surface area contributed by atoms with Crippen LogP contribution in [0.15, 0.2) is 192 Å². The van der Waals surface area contributed by atoms with Gasteiger partial charge in [0.05, 0.1) is 5.69 Å². The first-order chi connectivity index (χ1) is 24.8. The van der Waals surface area contributed by atoms with Crippen LogP contribution in [0.1, 0.15) is 0 Å². The normalized spacial score (nSPS) is 11.6. The number of benzene rings is 9. The summed E-state index contributed by atoms with van der Waals surface area (Å²) in [6, 6.07) is 67.6. The topological polar surface area (TPSA) is 16.4 Å². The molecule has 0 spiro atoms. The Labute approximate surface area is 290 Å². The monoisotopic (exact) mass is 637 g/mol. The van der Waals surface area contributed by atoms with Crippen molar-refractivity contribution in [3.8, 4) is 22.3 Å². The zero-order valence-electron chi connectivity index (χ0n) is 27.3. The lowest BCUT2D eigenvalue weighted by Crippen LogP contribution is -2.11. The van der Waals surface area contributed by atoms with Gasteiger partial charge in [-0.25, -0.2) is 0 Å². The standard InChI is InChI=1S/C48H31NO/c1-2-11-32(12-3-1)35-15-10-16-38(29-35)49(39-25-27-41-36(30-39)22-21-33-13-4-6-17-40(33)41)46-20-9-8-18-42(46)37-24-28-47-45(31-37)44-26-23-34-14-5-7-19-43(34)48(44)50-47/h1-31H. The van der Waals surface area contributed by atoms with E-state index in [2.05, 4.69) is 193 Å². The number of rotatable bonds is 5. The fraction of sp³-hybridized carbons (Fsp3) is 0. The second kappa shape index (κ2) is 11.5. The second-order valence-corrected chi connectivity index (χ2v) is 12.9. The zero-order valence-corrected chi connectivity index (χ0v) is 27.3. The molecule has 0 radical (unpaired) electrons. The molecular weight excluding hydrogens is 607 g/mol. The number of furan rings is 1. The van der Waals surface area contributed by atoms with Crippen molar-refractivity contribution in [2.24, 2.45) is 0 Å². The molecule has 10 rings (SSSR count). The molecule has 0 bridgehead atoms. The van der Waals surface area contributed by atoms with Gasteiger partial charge in [0.25, 0.3) is 0 Å². The maximum Gasteiger partial charge on any atom is 0.143 e. The molecule has 10 aromatic rings. The highest BCUT2D eigenvalue weighted by molar-refractivity contribution is 6.16. The molecule has 2 nitrogen and oxygen atoms in total. The van der Waals surface area contributed by atoms with Crippen LogP contribution in [0.4, 0.5) is 17.1 Å². The fourth-order valence-corrected chi connectivity index (χ4v) is 7.61. The molecule has 0 fully saturated rings. The van der Waals surface area contributed by atoms with E-state index in [4.69, 9.17) is 4.42 Å². The summed E-state index contributed by atoms with van der Waals surface area (Å²) in [7, 11) is 0. The van der Waals surface area contributed by atoms with Crippen molar-refractivity contribution < 1.29 is 4.42 Å². The Morgan fingerprint density at radius 1 is 0.340 bits per heavy atom. The predicted molar refractivity (Wildman–Crippen MR) is 212 cm³/mol. The molecule has 0 saturated heterocycles. The first-order valence-corrected chi connectivity index (χ1v) is 17.1. The van der Waals surface area contributed by atoms with Crippen LogP contribution in [0.3, 0.4) is 0 Å². The maximum atomic E-state index is 6.49. The van der Waals surface area contributed by atoms with Crippen LogP contribution >= 0.6 is 0 Å². The molecular formula is C48H31NO. The molecule has 0 amide bonds. The Balaban J connectivity index is 1.19. The Kier molecular flexibility index (Phi) is 6.53. The van der Waals surface area contributed by atoms with Crippen LogP contribution in [0.5, 0.6) is 0 Å². The minimum atomic E-state index is 0.895. The van der Waals surface area contributed by atoms with E-state index in [1.54, 1.807) is 0 Å². The van der Waals surface area contributed by atoms with E-state index >= 15 is 0 Å². The van der Waals surface area contributed by atoms with Crippen LogP contribution < -0.4 is 4.90 Å². The molecule has 234 valence electrons. The minimum absolute atomic E-state index is 0.895. The van der Waals surface area contributed by atoms with Crippen molar-refractivity contribution >= 4 is 71.3 Å². The van der Waals surface area contributed by atoms with Gasteiger partial charge >= 0.3 is 0 Å². The molecule has 1 aromatic heterocycles. The zero-order chi connectivity index (χ0) is 33.0. The van der Waals surface area contributed by atoms with Gasteiger partial charge in [-0.3, -0.25) is 0 Å². The van der Waals surface area contributed by atoms with Crippen LogP contribution in [0.2, 0.25) is 0 Å². The van der Waals surface area contributed by atoms with E-state index in [0.717, 1.165) is 55.5 Å². The Bertz CT molecular complexity index is 2880. The van der Waals surface area contributed by atoms with Crippen molar-refractivity contribution in [3.63, 3.8) is 0 Å². The first-order valence-electron chi connectivity index (χ1n) is 17.1. The largest absolute Gasteiger partial charge is 0.455 e. The summed E-state index contributed by atoms with van der Waals surface area (Å²) >= 11 is 0. The van der Waals surface area contributed by atoms with Crippen molar-refractivity contribution in [3.05, 3.63) is 188 Å². The SMILES string of the molecule is c1ccc(-c2cccc(N(c3ccc4c(ccc5ccccc54)c3)c3ccccc3-c3ccc4oc5c6ccccc6ccc5c4c3)c2)cc1. The lowest BCUT2D eigenvalue weighted by Gasteiger charge is -2.28. The summed E-state index contributed by atoms with van der Waals surface area (Å²) in [4.78, 5) is 2.40. The molecule has 0 N–H and O–H groups in total.